The Bertz CT molecular complexity index is 597. The number of carboxylic acids is 1. The Morgan fingerprint density at radius 1 is 1.28 bits per heavy atom. The number of amides is 1. The first-order valence-corrected chi connectivity index (χ1v) is 8.67. The fourth-order valence-corrected chi connectivity index (χ4v) is 3.30. The maximum absolute atomic E-state index is 12.2. The highest BCUT2D eigenvalue weighted by Crippen LogP contribution is 2.26. The molecule has 1 aromatic carbocycles. The first-order valence-electron chi connectivity index (χ1n) is 8.67. The highest BCUT2D eigenvalue weighted by Gasteiger charge is 2.39. The lowest BCUT2D eigenvalue weighted by Crippen LogP contribution is -2.60. The molecule has 1 heterocycles. The van der Waals surface area contributed by atoms with Gasteiger partial charge in [-0.2, -0.15) is 0 Å². The van der Waals surface area contributed by atoms with E-state index in [9.17, 15) is 14.7 Å². The van der Waals surface area contributed by atoms with Crippen molar-refractivity contribution in [3.8, 4) is 0 Å². The molecule has 2 rings (SSSR count). The number of nitrogens with one attached hydrogen (secondary N) is 1. The van der Waals surface area contributed by atoms with E-state index in [-0.39, 0.29) is 6.42 Å². The summed E-state index contributed by atoms with van der Waals surface area (Å²) in [5.74, 6) is -0.919. The predicted molar refractivity (Wildman–Crippen MR) is 95.3 cm³/mol. The highest BCUT2D eigenvalue weighted by atomic mass is 16.6. The zero-order valence-corrected chi connectivity index (χ0v) is 15.2. The summed E-state index contributed by atoms with van der Waals surface area (Å²) < 4.78 is 5.34. The third-order valence-corrected chi connectivity index (χ3v) is 4.16. The van der Waals surface area contributed by atoms with Crippen molar-refractivity contribution >= 4 is 12.1 Å². The number of likely N-dealkylation sites (tertiary alicyclic amines) is 1. The zero-order chi connectivity index (χ0) is 18.5. The van der Waals surface area contributed by atoms with Crippen LogP contribution in [0.5, 0.6) is 0 Å². The Morgan fingerprint density at radius 3 is 2.56 bits per heavy atom. The van der Waals surface area contributed by atoms with Gasteiger partial charge in [0.25, 0.3) is 0 Å². The van der Waals surface area contributed by atoms with Gasteiger partial charge in [0.05, 0.1) is 12.0 Å². The van der Waals surface area contributed by atoms with E-state index in [0.29, 0.717) is 13.0 Å². The quantitative estimate of drug-likeness (QED) is 0.855. The number of rotatable bonds is 5. The van der Waals surface area contributed by atoms with E-state index in [2.05, 4.69) is 22.3 Å². The van der Waals surface area contributed by atoms with Crippen molar-refractivity contribution in [2.24, 2.45) is 0 Å². The first-order chi connectivity index (χ1) is 11.7. The van der Waals surface area contributed by atoms with Gasteiger partial charge in [0.2, 0.25) is 0 Å². The molecule has 1 aromatic rings. The van der Waals surface area contributed by atoms with Gasteiger partial charge in [-0.05, 0) is 45.7 Å². The smallest absolute Gasteiger partial charge is 0.408 e. The topological polar surface area (TPSA) is 78.9 Å². The van der Waals surface area contributed by atoms with Crippen LogP contribution in [0.2, 0.25) is 0 Å². The fourth-order valence-electron chi connectivity index (χ4n) is 3.30. The van der Waals surface area contributed by atoms with Gasteiger partial charge in [0.1, 0.15) is 5.60 Å². The third-order valence-electron chi connectivity index (χ3n) is 4.16. The minimum absolute atomic E-state index is 0.114. The van der Waals surface area contributed by atoms with Crippen LogP contribution in [-0.4, -0.2) is 46.3 Å². The van der Waals surface area contributed by atoms with Crippen LogP contribution in [0.15, 0.2) is 30.3 Å². The highest BCUT2D eigenvalue weighted by molar-refractivity contribution is 5.73. The molecule has 6 nitrogen and oxygen atoms in total. The molecular formula is C19H28N2O4. The van der Waals surface area contributed by atoms with Gasteiger partial charge in [-0.3, -0.25) is 9.69 Å². The molecule has 25 heavy (non-hydrogen) atoms. The molecule has 0 saturated carbocycles. The summed E-state index contributed by atoms with van der Waals surface area (Å²) in [7, 11) is 0. The number of alkyl carbamates (subject to hydrolysis) is 1. The Hall–Kier alpha value is -2.08. The van der Waals surface area contributed by atoms with Gasteiger partial charge < -0.3 is 15.2 Å². The minimum atomic E-state index is -0.919. The minimum Gasteiger partial charge on any atom is -0.481 e. The average Bonchev–Trinajstić information content (AvgIpc) is 2.45. The number of benzene rings is 1. The summed E-state index contributed by atoms with van der Waals surface area (Å²) in [5.41, 5.74) is -0.250. The number of nitrogens with zero attached hydrogens (tertiary/aromatic N) is 1. The van der Waals surface area contributed by atoms with Crippen molar-refractivity contribution in [1.82, 2.24) is 10.2 Å². The molecule has 6 heteroatoms. The van der Waals surface area contributed by atoms with E-state index >= 15 is 0 Å². The number of carbonyl (C=O) groups is 2. The van der Waals surface area contributed by atoms with Crippen molar-refractivity contribution in [3.05, 3.63) is 35.9 Å². The number of piperidine rings is 1. The second kappa shape index (κ2) is 7.87. The molecule has 2 N–H and O–H groups in total. The van der Waals surface area contributed by atoms with Crippen molar-refractivity contribution < 1.29 is 19.4 Å². The van der Waals surface area contributed by atoms with Gasteiger partial charge in [-0.25, -0.2) is 4.79 Å². The lowest BCUT2D eigenvalue weighted by atomic mass is 9.85. The molecular weight excluding hydrogens is 320 g/mol. The lowest BCUT2D eigenvalue weighted by Gasteiger charge is -2.42. The molecule has 0 aliphatic carbocycles. The molecule has 0 radical (unpaired) electrons. The molecule has 1 aliphatic heterocycles. The van der Waals surface area contributed by atoms with Gasteiger partial charge in [-0.1, -0.05) is 30.3 Å². The van der Waals surface area contributed by atoms with Crippen molar-refractivity contribution in [2.45, 2.75) is 57.7 Å². The number of aliphatic carboxylic acids is 1. The fraction of sp³-hybridized carbons (Fsp3) is 0.579. The summed E-state index contributed by atoms with van der Waals surface area (Å²) in [5, 5.41) is 12.2. The van der Waals surface area contributed by atoms with E-state index in [1.165, 1.54) is 5.56 Å². The number of carboxylic acid groups (broad SMARTS) is 1. The molecule has 0 unspecified atom stereocenters. The van der Waals surface area contributed by atoms with Crippen LogP contribution in [0.1, 0.15) is 45.6 Å². The summed E-state index contributed by atoms with van der Waals surface area (Å²) in [6.45, 7) is 7.48. The molecule has 0 spiro atoms. The monoisotopic (exact) mass is 348 g/mol. The molecule has 1 aliphatic rings. The van der Waals surface area contributed by atoms with E-state index in [0.717, 1.165) is 19.5 Å². The third kappa shape index (κ3) is 6.38. The summed E-state index contributed by atoms with van der Waals surface area (Å²) in [6, 6.07) is 10.0. The Morgan fingerprint density at radius 2 is 1.96 bits per heavy atom. The number of hydrogen-bond donors (Lipinski definition) is 2. The second-order valence-corrected chi connectivity index (χ2v) is 7.78. The molecule has 1 fully saturated rings. The van der Waals surface area contributed by atoms with Gasteiger partial charge >= 0.3 is 12.1 Å². The molecule has 1 amide bonds. The molecule has 1 atom stereocenters. The van der Waals surface area contributed by atoms with Gasteiger partial charge in [-0.15, -0.1) is 0 Å². The summed E-state index contributed by atoms with van der Waals surface area (Å²) in [6.07, 6.45) is 0.785. The Kier molecular flexibility index (Phi) is 6.06. The standard InChI is InChI=1S/C19H28N2O4/c1-18(2,3)25-17(24)20-19(12-16(22)23)10-7-11-21(14-19)13-15-8-5-4-6-9-15/h4-6,8-9H,7,10-14H2,1-3H3,(H,20,24)(H,22,23)/t19-/m1/s1. The van der Waals surface area contributed by atoms with Crippen LogP contribution in [0.3, 0.4) is 0 Å². The molecule has 138 valence electrons. The normalized spacial score (nSPS) is 21.6. The van der Waals surface area contributed by atoms with Crippen LogP contribution in [0.4, 0.5) is 4.79 Å². The van der Waals surface area contributed by atoms with Crippen molar-refractivity contribution in [3.63, 3.8) is 0 Å². The van der Waals surface area contributed by atoms with E-state index in [4.69, 9.17) is 4.74 Å². The maximum Gasteiger partial charge on any atom is 0.408 e. The van der Waals surface area contributed by atoms with E-state index in [1.54, 1.807) is 20.8 Å². The molecule has 1 saturated heterocycles. The van der Waals surface area contributed by atoms with Crippen LogP contribution >= 0.6 is 0 Å². The number of carbonyl (C=O) groups excluding carboxylic acids is 1. The Balaban J connectivity index is 2.09. The van der Waals surface area contributed by atoms with E-state index < -0.39 is 23.2 Å². The number of ether oxygens (including phenoxy) is 1. The SMILES string of the molecule is CC(C)(C)OC(=O)N[C@@]1(CC(=O)O)CCCN(Cc2ccccc2)C1. The van der Waals surface area contributed by atoms with Crippen LogP contribution < -0.4 is 5.32 Å². The largest absolute Gasteiger partial charge is 0.481 e. The Labute approximate surface area is 149 Å². The predicted octanol–water partition coefficient (Wildman–Crippen LogP) is 3.02. The summed E-state index contributed by atoms with van der Waals surface area (Å²) >= 11 is 0. The van der Waals surface area contributed by atoms with Crippen molar-refractivity contribution in [2.75, 3.05) is 13.1 Å². The van der Waals surface area contributed by atoms with Gasteiger partial charge in [0, 0.05) is 13.1 Å². The molecule has 0 aromatic heterocycles. The average molecular weight is 348 g/mol. The number of hydrogen-bond acceptors (Lipinski definition) is 4. The lowest BCUT2D eigenvalue weighted by molar-refractivity contribution is -0.139. The van der Waals surface area contributed by atoms with Crippen LogP contribution in [-0.2, 0) is 16.1 Å². The van der Waals surface area contributed by atoms with E-state index in [1.807, 2.05) is 18.2 Å². The summed E-state index contributed by atoms with van der Waals surface area (Å²) in [4.78, 5) is 25.8. The maximum atomic E-state index is 12.2. The zero-order valence-electron chi connectivity index (χ0n) is 15.2. The van der Waals surface area contributed by atoms with Crippen molar-refractivity contribution in [1.29, 1.82) is 0 Å². The van der Waals surface area contributed by atoms with Crippen LogP contribution in [0.25, 0.3) is 0 Å². The van der Waals surface area contributed by atoms with Gasteiger partial charge in [0.15, 0.2) is 0 Å². The van der Waals surface area contributed by atoms with Crippen LogP contribution in [0, 0.1) is 0 Å². The first kappa shape index (κ1) is 19.2. The molecule has 0 bridgehead atoms. The second-order valence-electron chi connectivity index (χ2n) is 7.78.